The summed E-state index contributed by atoms with van der Waals surface area (Å²) in [6.45, 7) is 2.28. The molecule has 2 heterocycles. The van der Waals surface area contributed by atoms with Gasteiger partial charge in [-0.2, -0.15) is 0 Å². The van der Waals surface area contributed by atoms with Gasteiger partial charge in [0.1, 0.15) is 0 Å². The van der Waals surface area contributed by atoms with Crippen LogP contribution in [0.25, 0.3) is 10.9 Å². The number of benzene rings is 1. The van der Waals surface area contributed by atoms with E-state index in [2.05, 4.69) is 28.2 Å². The first kappa shape index (κ1) is 18.1. The molecule has 1 atom stereocenters. The third-order valence-electron chi connectivity index (χ3n) is 4.53. The predicted octanol–water partition coefficient (Wildman–Crippen LogP) is 3.65. The lowest BCUT2D eigenvalue weighted by atomic mass is 10.0. The molecule has 2 N–H and O–H groups in total. The first-order valence-electron chi connectivity index (χ1n) is 8.99. The van der Waals surface area contributed by atoms with Gasteiger partial charge in [0.15, 0.2) is 0 Å². The normalized spacial score (nSPS) is 12.4. The number of fused-ring (bicyclic) bond motifs is 1. The lowest BCUT2D eigenvalue weighted by Gasteiger charge is -2.16. The molecule has 0 aliphatic carbocycles. The van der Waals surface area contributed by atoms with Gasteiger partial charge in [-0.3, -0.25) is 10.0 Å². The highest BCUT2D eigenvalue weighted by Gasteiger charge is 2.21. The number of hydrogen-bond donors (Lipinski definition) is 2. The summed E-state index contributed by atoms with van der Waals surface area (Å²) in [7, 11) is 0. The molecule has 138 valence electrons. The summed E-state index contributed by atoms with van der Waals surface area (Å²) in [5.74, 6) is 0.832. The zero-order chi connectivity index (χ0) is 18.4. The van der Waals surface area contributed by atoms with Gasteiger partial charge in [0.25, 0.3) is 0 Å². The predicted molar refractivity (Wildman–Crippen MR) is 96.8 cm³/mol. The minimum absolute atomic E-state index is 0.155. The van der Waals surface area contributed by atoms with Gasteiger partial charge in [-0.1, -0.05) is 44.4 Å². The Kier molecular flexibility index (Phi) is 6.01. The van der Waals surface area contributed by atoms with Crippen LogP contribution < -0.4 is 0 Å². The fourth-order valence-electron chi connectivity index (χ4n) is 3.15. The quantitative estimate of drug-likeness (QED) is 0.250. The van der Waals surface area contributed by atoms with E-state index in [0.29, 0.717) is 29.7 Å². The third-order valence-corrected chi connectivity index (χ3v) is 4.53. The van der Waals surface area contributed by atoms with Crippen LogP contribution in [0.3, 0.4) is 0 Å². The van der Waals surface area contributed by atoms with Gasteiger partial charge in [0, 0.05) is 17.1 Å². The molecule has 26 heavy (non-hydrogen) atoms. The molecule has 3 aromatic rings. The standard InChI is InChI=1S/C19H24N4O3/c1-2-3-4-7-14(12-23(25)13-24)19-22-21-18(26-19)10-15-11-20-17-9-6-5-8-16(15)17/h5-6,8-9,11,13-14,20,25H,2-4,7,10,12H2,1H3. The van der Waals surface area contributed by atoms with Crippen molar-refractivity contribution in [2.24, 2.45) is 0 Å². The fourth-order valence-corrected chi connectivity index (χ4v) is 3.15. The maximum atomic E-state index is 10.7. The number of aromatic nitrogens is 3. The third kappa shape index (κ3) is 4.29. The van der Waals surface area contributed by atoms with Crippen molar-refractivity contribution in [1.82, 2.24) is 20.2 Å². The number of nitrogens with zero attached hydrogens (tertiary/aromatic N) is 3. The number of carbonyl (C=O) groups excluding carboxylic acids is 1. The van der Waals surface area contributed by atoms with E-state index in [-0.39, 0.29) is 12.5 Å². The monoisotopic (exact) mass is 356 g/mol. The number of H-pyrrole nitrogens is 1. The van der Waals surface area contributed by atoms with Gasteiger partial charge >= 0.3 is 0 Å². The van der Waals surface area contributed by atoms with E-state index in [0.717, 1.165) is 42.1 Å². The van der Waals surface area contributed by atoms with E-state index in [4.69, 9.17) is 4.42 Å². The van der Waals surface area contributed by atoms with Gasteiger partial charge in [-0.05, 0) is 18.1 Å². The van der Waals surface area contributed by atoms with Crippen LogP contribution in [0, 0.1) is 0 Å². The van der Waals surface area contributed by atoms with Crippen LogP contribution in [0.2, 0.25) is 0 Å². The summed E-state index contributed by atoms with van der Waals surface area (Å²) in [6, 6.07) is 8.07. The van der Waals surface area contributed by atoms with Crippen molar-refractivity contribution < 1.29 is 14.4 Å². The van der Waals surface area contributed by atoms with E-state index in [1.54, 1.807) is 0 Å². The van der Waals surface area contributed by atoms with Crippen LogP contribution in [0.1, 0.15) is 55.9 Å². The van der Waals surface area contributed by atoms with Crippen molar-refractivity contribution >= 4 is 17.3 Å². The van der Waals surface area contributed by atoms with Gasteiger partial charge in [-0.15, -0.1) is 10.2 Å². The molecule has 0 bridgehead atoms. The van der Waals surface area contributed by atoms with Crippen molar-refractivity contribution in [3.8, 4) is 0 Å². The molecule has 7 nitrogen and oxygen atoms in total. The maximum Gasteiger partial charge on any atom is 0.233 e. The zero-order valence-electron chi connectivity index (χ0n) is 14.9. The number of carbonyl (C=O) groups is 1. The molecular formula is C19H24N4O3. The van der Waals surface area contributed by atoms with E-state index < -0.39 is 0 Å². The SMILES string of the molecule is CCCCCC(CN(O)C=O)c1nnc(Cc2c[nH]c3ccccc23)o1. The Morgan fingerprint density at radius 2 is 2.15 bits per heavy atom. The first-order valence-corrected chi connectivity index (χ1v) is 8.99. The molecule has 0 fully saturated rings. The Morgan fingerprint density at radius 3 is 2.96 bits per heavy atom. The second-order valence-corrected chi connectivity index (χ2v) is 6.49. The minimum Gasteiger partial charge on any atom is -0.425 e. The van der Waals surface area contributed by atoms with Crippen LogP contribution in [-0.4, -0.2) is 38.4 Å². The topological polar surface area (TPSA) is 95.2 Å². The molecule has 0 aliphatic heterocycles. The van der Waals surface area contributed by atoms with Crippen molar-refractivity contribution in [1.29, 1.82) is 0 Å². The molecule has 2 aromatic heterocycles. The Morgan fingerprint density at radius 1 is 1.31 bits per heavy atom. The fraction of sp³-hybridized carbons (Fsp3) is 0.421. The van der Waals surface area contributed by atoms with Crippen LogP contribution in [0.5, 0.6) is 0 Å². The Hall–Kier alpha value is -2.67. The van der Waals surface area contributed by atoms with Crippen molar-refractivity contribution in [3.63, 3.8) is 0 Å². The van der Waals surface area contributed by atoms with Crippen LogP contribution in [0.4, 0.5) is 0 Å². The number of aromatic amines is 1. The second-order valence-electron chi connectivity index (χ2n) is 6.49. The molecule has 1 amide bonds. The van der Waals surface area contributed by atoms with Gasteiger partial charge in [0.05, 0.1) is 18.9 Å². The average Bonchev–Trinajstić information content (AvgIpc) is 3.29. The molecule has 3 rings (SSSR count). The van der Waals surface area contributed by atoms with Gasteiger partial charge in [-0.25, -0.2) is 5.06 Å². The number of hydrogen-bond acceptors (Lipinski definition) is 5. The molecule has 1 unspecified atom stereocenters. The number of para-hydroxylation sites is 1. The summed E-state index contributed by atoms with van der Waals surface area (Å²) in [6.07, 6.45) is 6.83. The van der Waals surface area contributed by atoms with E-state index >= 15 is 0 Å². The Balaban J connectivity index is 1.74. The molecule has 0 aliphatic rings. The molecule has 1 aromatic carbocycles. The largest absolute Gasteiger partial charge is 0.425 e. The number of hydroxylamine groups is 2. The maximum absolute atomic E-state index is 10.7. The molecule has 0 saturated heterocycles. The number of amides is 1. The first-order chi connectivity index (χ1) is 12.7. The lowest BCUT2D eigenvalue weighted by Crippen LogP contribution is -2.24. The van der Waals surface area contributed by atoms with Crippen molar-refractivity contribution in [3.05, 3.63) is 47.8 Å². The van der Waals surface area contributed by atoms with E-state index in [1.807, 2.05) is 24.4 Å². The molecule has 0 spiro atoms. The Bertz CT molecular complexity index is 842. The van der Waals surface area contributed by atoms with E-state index in [1.165, 1.54) is 0 Å². The smallest absolute Gasteiger partial charge is 0.233 e. The summed E-state index contributed by atoms with van der Waals surface area (Å²) in [5, 5.41) is 19.6. The number of nitrogens with one attached hydrogen (secondary N) is 1. The summed E-state index contributed by atoms with van der Waals surface area (Å²) < 4.78 is 5.85. The highest BCUT2D eigenvalue weighted by molar-refractivity contribution is 5.83. The molecule has 0 radical (unpaired) electrons. The average molecular weight is 356 g/mol. The summed E-state index contributed by atoms with van der Waals surface area (Å²) in [5.41, 5.74) is 2.16. The van der Waals surface area contributed by atoms with Gasteiger partial charge in [0.2, 0.25) is 18.2 Å². The lowest BCUT2D eigenvalue weighted by molar-refractivity contribution is -0.151. The summed E-state index contributed by atoms with van der Waals surface area (Å²) >= 11 is 0. The summed E-state index contributed by atoms with van der Waals surface area (Å²) in [4.78, 5) is 14.0. The zero-order valence-corrected chi connectivity index (χ0v) is 14.9. The molecule has 7 heteroatoms. The number of rotatable bonds is 10. The van der Waals surface area contributed by atoms with E-state index in [9.17, 15) is 10.0 Å². The Labute approximate surface area is 152 Å². The van der Waals surface area contributed by atoms with Crippen molar-refractivity contribution in [2.45, 2.75) is 44.9 Å². The molecule has 0 saturated carbocycles. The highest BCUT2D eigenvalue weighted by Crippen LogP contribution is 2.25. The number of unbranched alkanes of at least 4 members (excludes halogenated alkanes) is 2. The van der Waals surface area contributed by atoms with Crippen LogP contribution in [-0.2, 0) is 11.2 Å². The second kappa shape index (κ2) is 8.62. The minimum atomic E-state index is -0.166. The van der Waals surface area contributed by atoms with Crippen LogP contribution >= 0.6 is 0 Å². The highest BCUT2D eigenvalue weighted by atomic mass is 16.5. The van der Waals surface area contributed by atoms with Gasteiger partial charge < -0.3 is 9.40 Å². The van der Waals surface area contributed by atoms with Crippen LogP contribution in [0.15, 0.2) is 34.9 Å². The van der Waals surface area contributed by atoms with Crippen molar-refractivity contribution in [2.75, 3.05) is 6.54 Å². The molecular weight excluding hydrogens is 332 g/mol.